The molecular formula is C10H13ClN2O2S. The molecule has 6 heteroatoms. The lowest BCUT2D eigenvalue weighted by Gasteiger charge is -2.15. The molecule has 0 amide bonds. The van der Waals surface area contributed by atoms with Crippen LogP contribution in [-0.4, -0.2) is 24.8 Å². The summed E-state index contributed by atoms with van der Waals surface area (Å²) in [4.78, 5) is 3.98. The lowest BCUT2D eigenvalue weighted by Crippen LogP contribution is -2.37. The van der Waals surface area contributed by atoms with Gasteiger partial charge in [0.2, 0.25) is 10.0 Å². The molecule has 0 radical (unpaired) electrons. The van der Waals surface area contributed by atoms with Gasteiger partial charge < -0.3 is 0 Å². The smallest absolute Gasteiger partial charge is 0.242 e. The Morgan fingerprint density at radius 1 is 1.44 bits per heavy atom. The molecule has 1 saturated carbocycles. The Labute approximate surface area is 100 Å². The Hall–Kier alpha value is -0.650. The first-order chi connectivity index (χ1) is 7.59. The SMILES string of the molecule is O=S(=O)(NC1CCCC1Cl)c1cccnc1. The summed E-state index contributed by atoms with van der Waals surface area (Å²) in [5.74, 6) is 0. The molecular weight excluding hydrogens is 248 g/mol. The minimum absolute atomic E-state index is 0.105. The molecule has 4 nitrogen and oxygen atoms in total. The van der Waals surface area contributed by atoms with Crippen molar-refractivity contribution in [3.8, 4) is 0 Å². The monoisotopic (exact) mass is 260 g/mol. The summed E-state index contributed by atoms with van der Waals surface area (Å²) in [6.45, 7) is 0. The van der Waals surface area contributed by atoms with Crippen LogP contribution >= 0.6 is 11.6 Å². The van der Waals surface area contributed by atoms with Gasteiger partial charge in [-0.15, -0.1) is 11.6 Å². The van der Waals surface area contributed by atoms with E-state index in [1.165, 1.54) is 12.3 Å². The Balaban J connectivity index is 2.15. The standard InChI is InChI=1S/C10H13ClN2O2S/c11-9-4-1-5-10(9)13-16(14,15)8-3-2-6-12-7-8/h2-3,6-7,9-10,13H,1,4-5H2. The highest BCUT2D eigenvalue weighted by atomic mass is 35.5. The van der Waals surface area contributed by atoms with E-state index >= 15 is 0 Å². The number of pyridine rings is 1. The van der Waals surface area contributed by atoms with Gasteiger partial charge in [0.25, 0.3) is 0 Å². The zero-order valence-electron chi connectivity index (χ0n) is 8.64. The van der Waals surface area contributed by atoms with Crippen LogP contribution in [0.2, 0.25) is 0 Å². The minimum atomic E-state index is -3.47. The van der Waals surface area contributed by atoms with Gasteiger partial charge in [-0.25, -0.2) is 13.1 Å². The number of sulfonamides is 1. The second-order valence-corrected chi connectivity index (χ2v) is 6.14. The zero-order valence-corrected chi connectivity index (χ0v) is 10.2. The van der Waals surface area contributed by atoms with Crippen molar-refractivity contribution in [1.29, 1.82) is 0 Å². The molecule has 1 aliphatic rings. The van der Waals surface area contributed by atoms with Crippen molar-refractivity contribution in [1.82, 2.24) is 9.71 Å². The molecule has 1 aliphatic carbocycles. The fraction of sp³-hybridized carbons (Fsp3) is 0.500. The first kappa shape index (κ1) is 11.8. The van der Waals surface area contributed by atoms with Crippen molar-refractivity contribution in [3.63, 3.8) is 0 Å². The fourth-order valence-electron chi connectivity index (χ4n) is 1.82. The van der Waals surface area contributed by atoms with Crippen LogP contribution in [0.15, 0.2) is 29.4 Å². The van der Waals surface area contributed by atoms with Crippen molar-refractivity contribution in [3.05, 3.63) is 24.5 Å². The molecule has 2 rings (SSSR count). The number of nitrogens with zero attached hydrogens (tertiary/aromatic N) is 1. The summed E-state index contributed by atoms with van der Waals surface area (Å²) in [6, 6.07) is 2.96. The van der Waals surface area contributed by atoms with Gasteiger partial charge in [0.05, 0.1) is 0 Å². The van der Waals surface area contributed by atoms with Crippen LogP contribution < -0.4 is 4.72 Å². The van der Waals surface area contributed by atoms with Crippen molar-refractivity contribution in [2.75, 3.05) is 0 Å². The summed E-state index contributed by atoms with van der Waals surface area (Å²) >= 11 is 6.03. The molecule has 88 valence electrons. The van der Waals surface area contributed by atoms with Crippen LogP contribution in [0, 0.1) is 0 Å². The van der Waals surface area contributed by atoms with Gasteiger partial charge in [0, 0.05) is 23.8 Å². The summed E-state index contributed by atoms with van der Waals surface area (Å²) in [7, 11) is -3.47. The average molecular weight is 261 g/mol. The lowest BCUT2D eigenvalue weighted by atomic mass is 10.3. The van der Waals surface area contributed by atoms with E-state index in [1.807, 2.05) is 0 Å². The van der Waals surface area contributed by atoms with E-state index in [-0.39, 0.29) is 16.3 Å². The number of aromatic nitrogens is 1. The number of nitrogens with one attached hydrogen (secondary N) is 1. The van der Waals surface area contributed by atoms with Crippen molar-refractivity contribution < 1.29 is 8.42 Å². The van der Waals surface area contributed by atoms with Crippen LogP contribution in [0.4, 0.5) is 0 Å². The van der Waals surface area contributed by atoms with Gasteiger partial charge in [0.15, 0.2) is 0 Å². The Morgan fingerprint density at radius 2 is 2.25 bits per heavy atom. The highest BCUT2D eigenvalue weighted by Gasteiger charge is 2.29. The largest absolute Gasteiger partial charge is 0.263 e. The molecule has 0 saturated heterocycles. The lowest BCUT2D eigenvalue weighted by molar-refractivity contribution is 0.553. The molecule has 1 aromatic rings. The van der Waals surface area contributed by atoms with Crippen molar-refractivity contribution >= 4 is 21.6 Å². The van der Waals surface area contributed by atoms with Gasteiger partial charge in [-0.3, -0.25) is 4.98 Å². The highest BCUT2D eigenvalue weighted by molar-refractivity contribution is 7.89. The summed E-state index contributed by atoms with van der Waals surface area (Å²) < 4.78 is 26.5. The van der Waals surface area contributed by atoms with Crippen LogP contribution in [-0.2, 0) is 10.0 Å². The molecule has 16 heavy (non-hydrogen) atoms. The maximum Gasteiger partial charge on any atom is 0.242 e. The van der Waals surface area contributed by atoms with Crippen LogP contribution in [0.1, 0.15) is 19.3 Å². The maximum absolute atomic E-state index is 11.9. The van der Waals surface area contributed by atoms with Crippen molar-refractivity contribution in [2.45, 2.75) is 35.6 Å². The van der Waals surface area contributed by atoms with E-state index in [1.54, 1.807) is 12.3 Å². The number of rotatable bonds is 3. The van der Waals surface area contributed by atoms with E-state index in [0.717, 1.165) is 19.3 Å². The van der Waals surface area contributed by atoms with Gasteiger partial charge in [0.1, 0.15) is 4.90 Å². The molecule has 0 aromatic carbocycles. The molecule has 2 unspecified atom stereocenters. The van der Waals surface area contributed by atoms with E-state index in [2.05, 4.69) is 9.71 Å². The van der Waals surface area contributed by atoms with Crippen LogP contribution in [0.25, 0.3) is 0 Å². The molecule has 1 heterocycles. The maximum atomic E-state index is 11.9. The van der Waals surface area contributed by atoms with E-state index in [9.17, 15) is 8.42 Å². The molecule has 0 spiro atoms. The Morgan fingerprint density at radius 3 is 2.81 bits per heavy atom. The van der Waals surface area contributed by atoms with Crippen molar-refractivity contribution in [2.24, 2.45) is 0 Å². The third-order valence-corrected chi connectivity index (χ3v) is 4.68. The average Bonchev–Trinajstić information content (AvgIpc) is 2.65. The van der Waals surface area contributed by atoms with Crippen LogP contribution in [0.5, 0.6) is 0 Å². The first-order valence-electron chi connectivity index (χ1n) is 5.16. The quantitative estimate of drug-likeness (QED) is 0.839. The van der Waals surface area contributed by atoms with E-state index < -0.39 is 10.0 Å². The number of hydrogen-bond acceptors (Lipinski definition) is 3. The molecule has 1 N–H and O–H groups in total. The highest BCUT2D eigenvalue weighted by Crippen LogP contribution is 2.25. The minimum Gasteiger partial charge on any atom is -0.263 e. The third kappa shape index (κ3) is 2.53. The van der Waals surface area contributed by atoms with Gasteiger partial charge in [-0.2, -0.15) is 0 Å². The zero-order chi connectivity index (χ0) is 11.6. The second-order valence-electron chi connectivity index (χ2n) is 3.86. The summed E-state index contributed by atoms with van der Waals surface area (Å²) in [5, 5.41) is -0.105. The third-order valence-electron chi connectivity index (χ3n) is 2.68. The molecule has 2 atom stereocenters. The summed E-state index contributed by atoms with van der Waals surface area (Å²) in [5.41, 5.74) is 0. The number of alkyl halides is 1. The molecule has 0 bridgehead atoms. The molecule has 1 fully saturated rings. The Bertz CT molecular complexity index is 449. The normalized spacial score (nSPS) is 25.8. The predicted molar refractivity (Wildman–Crippen MR) is 61.8 cm³/mol. The fourth-order valence-corrected chi connectivity index (χ4v) is 3.51. The predicted octanol–water partition coefficient (Wildman–Crippen LogP) is 1.52. The van der Waals surface area contributed by atoms with Gasteiger partial charge in [-0.05, 0) is 25.0 Å². The Kier molecular flexibility index (Phi) is 3.47. The first-order valence-corrected chi connectivity index (χ1v) is 7.08. The molecule has 1 aromatic heterocycles. The van der Waals surface area contributed by atoms with Crippen LogP contribution in [0.3, 0.4) is 0 Å². The van der Waals surface area contributed by atoms with Gasteiger partial charge in [-0.1, -0.05) is 6.42 Å². The van der Waals surface area contributed by atoms with E-state index in [4.69, 9.17) is 11.6 Å². The molecule has 0 aliphatic heterocycles. The topological polar surface area (TPSA) is 59.1 Å². The number of halogens is 1. The number of hydrogen-bond donors (Lipinski definition) is 1. The summed E-state index contributed by atoms with van der Waals surface area (Å²) in [6.07, 6.45) is 5.50. The second kappa shape index (κ2) is 4.69. The van der Waals surface area contributed by atoms with Gasteiger partial charge >= 0.3 is 0 Å². The van der Waals surface area contributed by atoms with E-state index in [0.29, 0.717) is 0 Å².